The fraction of sp³-hybridized carbons (Fsp3) is 0.250. The smallest absolute Gasteiger partial charge is 0.251 e. The van der Waals surface area contributed by atoms with Crippen LogP contribution in [0.1, 0.15) is 29.6 Å². The van der Waals surface area contributed by atoms with Crippen LogP contribution in [0.5, 0.6) is 0 Å². The number of hydrogen-bond acceptors (Lipinski definition) is 3. The molecular weight excluding hydrogens is 366 g/mol. The van der Waals surface area contributed by atoms with Crippen LogP contribution in [0.4, 0.5) is 11.4 Å². The molecule has 2 aromatic rings. The van der Waals surface area contributed by atoms with Crippen molar-refractivity contribution in [3.8, 4) is 0 Å². The van der Waals surface area contributed by atoms with Gasteiger partial charge in [0.15, 0.2) is 0 Å². The zero-order chi connectivity index (χ0) is 19.2. The van der Waals surface area contributed by atoms with Crippen molar-refractivity contribution in [1.82, 2.24) is 5.32 Å². The summed E-state index contributed by atoms with van der Waals surface area (Å²) in [6, 6.07) is 13.7. The number of hydrogen-bond donors (Lipinski definition) is 2. The average Bonchev–Trinajstić information content (AvgIpc) is 3.09. The molecule has 1 aliphatic heterocycles. The molecule has 7 heteroatoms. The minimum atomic E-state index is -0.251. The first-order valence-corrected chi connectivity index (χ1v) is 9.15. The molecule has 0 saturated carbocycles. The van der Waals surface area contributed by atoms with Gasteiger partial charge in [0, 0.05) is 47.9 Å². The maximum absolute atomic E-state index is 12.0. The van der Waals surface area contributed by atoms with Gasteiger partial charge in [0.2, 0.25) is 11.8 Å². The van der Waals surface area contributed by atoms with Crippen LogP contribution in [0.2, 0.25) is 5.02 Å². The van der Waals surface area contributed by atoms with Gasteiger partial charge in [-0.25, -0.2) is 0 Å². The molecule has 6 nitrogen and oxygen atoms in total. The van der Waals surface area contributed by atoms with Crippen molar-refractivity contribution < 1.29 is 14.4 Å². The van der Waals surface area contributed by atoms with Gasteiger partial charge in [-0.1, -0.05) is 11.6 Å². The Hall–Kier alpha value is -2.86. The predicted molar refractivity (Wildman–Crippen MR) is 105 cm³/mol. The van der Waals surface area contributed by atoms with Crippen molar-refractivity contribution in [3.05, 3.63) is 59.1 Å². The van der Waals surface area contributed by atoms with Gasteiger partial charge in [-0.15, -0.1) is 0 Å². The molecule has 1 fully saturated rings. The van der Waals surface area contributed by atoms with Crippen LogP contribution in [-0.4, -0.2) is 30.8 Å². The fourth-order valence-electron chi connectivity index (χ4n) is 2.86. The third kappa shape index (κ3) is 5.08. The van der Waals surface area contributed by atoms with Gasteiger partial charge in [0.05, 0.1) is 0 Å². The van der Waals surface area contributed by atoms with E-state index in [1.807, 2.05) is 12.1 Å². The zero-order valence-corrected chi connectivity index (χ0v) is 15.5. The molecule has 2 N–H and O–H groups in total. The molecule has 3 amide bonds. The third-order valence-corrected chi connectivity index (χ3v) is 4.53. The number of halogens is 1. The summed E-state index contributed by atoms with van der Waals surface area (Å²) in [5, 5.41) is 6.04. The lowest BCUT2D eigenvalue weighted by Gasteiger charge is -2.16. The summed E-state index contributed by atoms with van der Waals surface area (Å²) in [5.74, 6) is -0.321. The maximum Gasteiger partial charge on any atom is 0.251 e. The second kappa shape index (κ2) is 8.68. The Morgan fingerprint density at radius 1 is 1.04 bits per heavy atom. The summed E-state index contributed by atoms with van der Waals surface area (Å²) in [6.07, 6.45) is 1.62. The lowest BCUT2D eigenvalue weighted by Crippen LogP contribution is -2.27. The fourth-order valence-corrected chi connectivity index (χ4v) is 2.99. The van der Waals surface area contributed by atoms with Crippen LogP contribution in [-0.2, 0) is 9.59 Å². The Morgan fingerprint density at radius 3 is 2.37 bits per heavy atom. The van der Waals surface area contributed by atoms with E-state index in [-0.39, 0.29) is 30.7 Å². The summed E-state index contributed by atoms with van der Waals surface area (Å²) in [6.45, 7) is 0.964. The highest BCUT2D eigenvalue weighted by atomic mass is 35.5. The molecule has 0 spiro atoms. The van der Waals surface area contributed by atoms with Crippen LogP contribution in [0.25, 0.3) is 0 Å². The van der Waals surface area contributed by atoms with Crippen molar-refractivity contribution >= 4 is 40.7 Å². The number of rotatable bonds is 6. The normalized spacial score (nSPS) is 13.5. The summed E-state index contributed by atoms with van der Waals surface area (Å²) >= 11 is 5.79. The van der Waals surface area contributed by atoms with E-state index in [4.69, 9.17) is 11.6 Å². The molecule has 0 bridgehead atoms. The lowest BCUT2D eigenvalue weighted by atomic mass is 10.2. The Balaban J connectivity index is 1.44. The van der Waals surface area contributed by atoms with Gasteiger partial charge in [-0.3, -0.25) is 14.4 Å². The first kappa shape index (κ1) is 18.9. The van der Waals surface area contributed by atoms with E-state index in [0.717, 1.165) is 18.7 Å². The number of carbonyl (C=O) groups is 3. The second-order valence-corrected chi connectivity index (χ2v) is 6.69. The Labute approximate surface area is 162 Å². The quantitative estimate of drug-likeness (QED) is 0.801. The van der Waals surface area contributed by atoms with E-state index in [0.29, 0.717) is 22.7 Å². The summed E-state index contributed by atoms with van der Waals surface area (Å²) in [7, 11) is 0. The highest BCUT2D eigenvalue weighted by Gasteiger charge is 2.21. The van der Waals surface area contributed by atoms with E-state index in [1.54, 1.807) is 41.3 Å². The number of benzene rings is 2. The standard InChI is InChI=1S/C20H20ClN3O3/c21-15-5-3-14(4-6-15)20(27)22-12-11-18(25)23-16-7-9-17(10-8-16)24-13-1-2-19(24)26/h3-10H,1-2,11-13H2,(H,22,27)(H,23,25). The number of nitrogens with zero attached hydrogens (tertiary/aromatic N) is 1. The van der Waals surface area contributed by atoms with Crippen molar-refractivity contribution in [2.75, 3.05) is 23.3 Å². The van der Waals surface area contributed by atoms with Crippen molar-refractivity contribution in [1.29, 1.82) is 0 Å². The Kier molecular flexibility index (Phi) is 6.08. The molecule has 1 saturated heterocycles. The number of carbonyl (C=O) groups excluding carboxylic acids is 3. The number of anilines is 2. The average molecular weight is 386 g/mol. The van der Waals surface area contributed by atoms with Gasteiger partial charge in [-0.05, 0) is 55.0 Å². The molecule has 1 heterocycles. The second-order valence-electron chi connectivity index (χ2n) is 6.26. The SMILES string of the molecule is O=C(CCNC(=O)c1ccc(Cl)cc1)Nc1ccc(N2CCCC2=O)cc1. The molecule has 1 aliphatic rings. The highest BCUT2D eigenvalue weighted by molar-refractivity contribution is 6.30. The summed E-state index contributed by atoms with van der Waals surface area (Å²) in [5.41, 5.74) is 1.98. The first-order chi connectivity index (χ1) is 13.0. The van der Waals surface area contributed by atoms with E-state index in [1.165, 1.54) is 0 Å². The van der Waals surface area contributed by atoms with Gasteiger partial charge in [0.1, 0.15) is 0 Å². The predicted octanol–water partition coefficient (Wildman–Crippen LogP) is 3.23. The zero-order valence-electron chi connectivity index (χ0n) is 14.7. The minimum Gasteiger partial charge on any atom is -0.352 e. The number of nitrogens with one attached hydrogen (secondary N) is 2. The minimum absolute atomic E-state index is 0.128. The molecular formula is C20H20ClN3O3. The molecule has 27 heavy (non-hydrogen) atoms. The van der Waals surface area contributed by atoms with Gasteiger partial charge in [-0.2, -0.15) is 0 Å². The molecule has 0 unspecified atom stereocenters. The van der Waals surface area contributed by atoms with Crippen molar-refractivity contribution in [2.24, 2.45) is 0 Å². The topological polar surface area (TPSA) is 78.5 Å². The van der Waals surface area contributed by atoms with Crippen LogP contribution in [0, 0.1) is 0 Å². The summed E-state index contributed by atoms with van der Waals surface area (Å²) in [4.78, 5) is 37.5. The van der Waals surface area contributed by atoms with E-state index < -0.39 is 0 Å². The van der Waals surface area contributed by atoms with Crippen LogP contribution < -0.4 is 15.5 Å². The molecule has 2 aromatic carbocycles. The van der Waals surface area contributed by atoms with Crippen molar-refractivity contribution in [3.63, 3.8) is 0 Å². The molecule has 3 rings (SSSR count). The monoisotopic (exact) mass is 385 g/mol. The maximum atomic E-state index is 12.0. The van der Waals surface area contributed by atoms with Crippen LogP contribution >= 0.6 is 11.6 Å². The lowest BCUT2D eigenvalue weighted by molar-refractivity contribution is -0.117. The Bertz CT molecular complexity index is 835. The van der Waals surface area contributed by atoms with Crippen molar-refractivity contribution in [2.45, 2.75) is 19.3 Å². The third-order valence-electron chi connectivity index (χ3n) is 4.28. The highest BCUT2D eigenvalue weighted by Crippen LogP contribution is 2.23. The van der Waals surface area contributed by atoms with Crippen LogP contribution in [0.15, 0.2) is 48.5 Å². The summed E-state index contributed by atoms with van der Waals surface area (Å²) < 4.78 is 0. The van der Waals surface area contributed by atoms with E-state index in [9.17, 15) is 14.4 Å². The van der Waals surface area contributed by atoms with Gasteiger partial charge in [0.25, 0.3) is 5.91 Å². The Morgan fingerprint density at radius 2 is 1.74 bits per heavy atom. The largest absolute Gasteiger partial charge is 0.352 e. The molecule has 0 aromatic heterocycles. The first-order valence-electron chi connectivity index (χ1n) is 8.77. The molecule has 140 valence electrons. The molecule has 0 atom stereocenters. The molecule has 0 radical (unpaired) electrons. The van der Waals surface area contributed by atoms with Gasteiger partial charge >= 0.3 is 0 Å². The van der Waals surface area contributed by atoms with E-state index >= 15 is 0 Å². The van der Waals surface area contributed by atoms with Crippen LogP contribution in [0.3, 0.4) is 0 Å². The molecule has 0 aliphatic carbocycles. The number of amides is 3. The van der Waals surface area contributed by atoms with Gasteiger partial charge < -0.3 is 15.5 Å². The van der Waals surface area contributed by atoms with E-state index in [2.05, 4.69) is 10.6 Å².